The average Bonchev–Trinajstić information content (AvgIpc) is 2.69. The summed E-state index contributed by atoms with van der Waals surface area (Å²) in [5, 5.41) is 2.70. The van der Waals surface area contributed by atoms with Gasteiger partial charge in [0.05, 0.1) is 30.5 Å². The van der Waals surface area contributed by atoms with Crippen molar-refractivity contribution in [2.45, 2.75) is 12.8 Å². The standard InChI is InChI=1S/C12H16N2O4S/c1-18-12-3-2-10(7-13-12)14-11(15)6-9-4-5-19(16,17)8-9/h2-3,7,9H,4-6,8H2,1H3,(H,14,15)/t9-/m0/s1. The van der Waals surface area contributed by atoms with Crippen LogP contribution < -0.4 is 10.1 Å². The van der Waals surface area contributed by atoms with E-state index in [1.807, 2.05) is 0 Å². The maximum atomic E-state index is 11.8. The maximum Gasteiger partial charge on any atom is 0.224 e. The van der Waals surface area contributed by atoms with Gasteiger partial charge in [-0.05, 0) is 18.4 Å². The third-order valence-corrected chi connectivity index (χ3v) is 4.87. The second-order valence-electron chi connectivity index (χ2n) is 4.61. The van der Waals surface area contributed by atoms with Gasteiger partial charge in [0.25, 0.3) is 0 Å². The number of pyridine rings is 1. The molecule has 1 amide bonds. The van der Waals surface area contributed by atoms with E-state index in [0.717, 1.165) is 0 Å². The molecule has 0 unspecified atom stereocenters. The molecule has 104 valence electrons. The van der Waals surface area contributed by atoms with E-state index in [9.17, 15) is 13.2 Å². The molecule has 1 aromatic rings. The summed E-state index contributed by atoms with van der Waals surface area (Å²) in [5.41, 5.74) is 0.576. The van der Waals surface area contributed by atoms with Crippen LogP contribution >= 0.6 is 0 Å². The zero-order chi connectivity index (χ0) is 13.9. The minimum Gasteiger partial charge on any atom is -0.481 e. The lowest BCUT2D eigenvalue weighted by molar-refractivity contribution is -0.116. The Labute approximate surface area is 112 Å². The first-order valence-corrected chi connectivity index (χ1v) is 7.81. The average molecular weight is 284 g/mol. The number of aromatic nitrogens is 1. The Balaban J connectivity index is 1.87. The maximum absolute atomic E-state index is 11.8. The van der Waals surface area contributed by atoms with Gasteiger partial charge >= 0.3 is 0 Å². The van der Waals surface area contributed by atoms with Crippen molar-refractivity contribution in [1.29, 1.82) is 0 Å². The Kier molecular flexibility index (Phi) is 4.04. The molecule has 1 aromatic heterocycles. The number of carbonyl (C=O) groups is 1. The van der Waals surface area contributed by atoms with Crippen LogP contribution in [0.5, 0.6) is 5.88 Å². The second kappa shape index (κ2) is 5.56. The van der Waals surface area contributed by atoms with Crippen molar-refractivity contribution < 1.29 is 17.9 Å². The predicted octanol–water partition coefficient (Wildman–Crippen LogP) is 0.853. The van der Waals surface area contributed by atoms with Crippen LogP contribution in [-0.4, -0.2) is 37.9 Å². The van der Waals surface area contributed by atoms with Crippen LogP contribution in [0.25, 0.3) is 0 Å². The smallest absolute Gasteiger partial charge is 0.224 e. The normalized spacial score (nSPS) is 21.0. The molecule has 0 bridgehead atoms. The van der Waals surface area contributed by atoms with Crippen molar-refractivity contribution in [2.75, 3.05) is 23.9 Å². The summed E-state index contributed by atoms with van der Waals surface area (Å²) in [5.74, 6) is 0.515. The van der Waals surface area contributed by atoms with Gasteiger partial charge in [0.1, 0.15) is 0 Å². The molecule has 1 aliphatic heterocycles. The van der Waals surface area contributed by atoms with Gasteiger partial charge in [0.15, 0.2) is 9.84 Å². The van der Waals surface area contributed by atoms with Crippen LogP contribution in [0.1, 0.15) is 12.8 Å². The van der Waals surface area contributed by atoms with Gasteiger partial charge in [0, 0.05) is 12.5 Å². The molecule has 19 heavy (non-hydrogen) atoms. The van der Waals surface area contributed by atoms with E-state index < -0.39 is 9.84 Å². The number of ether oxygens (including phenoxy) is 1. The fourth-order valence-electron chi connectivity index (χ4n) is 2.08. The van der Waals surface area contributed by atoms with Gasteiger partial charge in [-0.15, -0.1) is 0 Å². The van der Waals surface area contributed by atoms with Crippen molar-refractivity contribution >= 4 is 21.4 Å². The zero-order valence-electron chi connectivity index (χ0n) is 10.6. The Morgan fingerprint density at radius 3 is 2.84 bits per heavy atom. The number of nitrogens with zero attached hydrogens (tertiary/aromatic N) is 1. The third kappa shape index (κ3) is 3.92. The number of sulfone groups is 1. The second-order valence-corrected chi connectivity index (χ2v) is 6.84. The molecule has 1 fully saturated rings. The Morgan fingerprint density at radius 1 is 1.53 bits per heavy atom. The fourth-order valence-corrected chi connectivity index (χ4v) is 3.94. The predicted molar refractivity (Wildman–Crippen MR) is 70.8 cm³/mol. The van der Waals surface area contributed by atoms with Crippen molar-refractivity contribution in [1.82, 2.24) is 4.98 Å². The van der Waals surface area contributed by atoms with Gasteiger partial charge in [-0.3, -0.25) is 4.79 Å². The number of rotatable bonds is 4. The van der Waals surface area contributed by atoms with Gasteiger partial charge in [-0.25, -0.2) is 13.4 Å². The summed E-state index contributed by atoms with van der Waals surface area (Å²) < 4.78 is 27.5. The summed E-state index contributed by atoms with van der Waals surface area (Å²) in [6.07, 6.45) is 2.30. The van der Waals surface area contributed by atoms with Gasteiger partial charge in [0.2, 0.25) is 11.8 Å². The van der Waals surface area contributed by atoms with Crippen LogP contribution in [-0.2, 0) is 14.6 Å². The molecule has 0 aliphatic carbocycles. The van der Waals surface area contributed by atoms with E-state index in [4.69, 9.17) is 4.74 Å². The lowest BCUT2D eigenvalue weighted by Gasteiger charge is -2.08. The summed E-state index contributed by atoms with van der Waals surface area (Å²) in [6, 6.07) is 3.34. The largest absolute Gasteiger partial charge is 0.481 e. The fraction of sp³-hybridized carbons (Fsp3) is 0.500. The summed E-state index contributed by atoms with van der Waals surface area (Å²) in [7, 11) is -1.42. The molecule has 6 nitrogen and oxygen atoms in total. The number of anilines is 1. The molecule has 1 aliphatic rings. The number of hydrogen-bond acceptors (Lipinski definition) is 5. The molecule has 1 atom stereocenters. The Morgan fingerprint density at radius 2 is 2.32 bits per heavy atom. The molecule has 1 N–H and O–H groups in total. The van der Waals surface area contributed by atoms with Crippen molar-refractivity contribution in [2.24, 2.45) is 5.92 Å². The number of hydrogen-bond donors (Lipinski definition) is 1. The molecule has 7 heteroatoms. The molecule has 0 aromatic carbocycles. The topological polar surface area (TPSA) is 85.4 Å². The SMILES string of the molecule is COc1ccc(NC(=O)C[C@@H]2CCS(=O)(=O)C2)cn1. The molecule has 0 spiro atoms. The van der Waals surface area contributed by atoms with E-state index in [1.165, 1.54) is 13.3 Å². The first-order chi connectivity index (χ1) is 8.98. The van der Waals surface area contributed by atoms with E-state index >= 15 is 0 Å². The molecule has 1 saturated heterocycles. The van der Waals surface area contributed by atoms with E-state index in [1.54, 1.807) is 12.1 Å². The van der Waals surface area contributed by atoms with Crippen LogP contribution in [0.2, 0.25) is 0 Å². The molecule has 0 saturated carbocycles. The molecular weight excluding hydrogens is 268 g/mol. The first-order valence-electron chi connectivity index (χ1n) is 5.99. The number of amides is 1. The molecule has 2 rings (SSSR count). The lowest BCUT2D eigenvalue weighted by Crippen LogP contribution is -2.17. The highest BCUT2D eigenvalue weighted by Crippen LogP contribution is 2.22. The lowest BCUT2D eigenvalue weighted by atomic mass is 10.1. The Hall–Kier alpha value is -1.63. The summed E-state index contributed by atoms with van der Waals surface area (Å²) in [6.45, 7) is 0. The summed E-state index contributed by atoms with van der Waals surface area (Å²) in [4.78, 5) is 15.7. The van der Waals surface area contributed by atoms with E-state index in [2.05, 4.69) is 10.3 Å². The van der Waals surface area contributed by atoms with Crippen LogP contribution in [0, 0.1) is 5.92 Å². The molecular formula is C12H16N2O4S. The van der Waals surface area contributed by atoms with Crippen molar-refractivity contribution in [3.8, 4) is 5.88 Å². The Bertz CT molecular complexity index is 554. The van der Waals surface area contributed by atoms with E-state index in [-0.39, 0.29) is 29.8 Å². The zero-order valence-corrected chi connectivity index (χ0v) is 11.4. The van der Waals surface area contributed by atoms with Crippen LogP contribution in [0.15, 0.2) is 18.3 Å². The molecule has 2 heterocycles. The highest BCUT2D eigenvalue weighted by molar-refractivity contribution is 7.91. The highest BCUT2D eigenvalue weighted by Gasteiger charge is 2.29. The minimum absolute atomic E-state index is 0.0730. The monoisotopic (exact) mass is 284 g/mol. The number of carbonyl (C=O) groups excluding carboxylic acids is 1. The van der Waals surface area contributed by atoms with Gasteiger partial charge in [-0.1, -0.05) is 0 Å². The number of methoxy groups -OCH3 is 1. The van der Waals surface area contributed by atoms with Gasteiger partial charge in [-0.2, -0.15) is 0 Å². The van der Waals surface area contributed by atoms with Crippen LogP contribution in [0.3, 0.4) is 0 Å². The highest BCUT2D eigenvalue weighted by atomic mass is 32.2. The molecule has 0 radical (unpaired) electrons. The quantitative estimate of drug-likeness (QED) is 0.886. The minimum atomic E-state index is -2.93. The van der Waals surface area contributed by atoms with Crippen LogP contribution in [0.4, 0.5) is 5.69 Å². The van der Waals surface area contributed by atoms with Gasteiger partial charge < -0.3 is 10.1 Å². The van der Waals surface area contributed by atoms with E-state index in [0.29, 0.717) is 18.0 Å². The van der Waals surface area contributed by atoms with Crippen molar-refractivity contribution in [3.05, 3.63) is 18.3 Å². The summed E-state index contributed by atoms with van der Waals surface area (Å²) >= 11 is 0. The van der Waals surface area contributed by atoms with Crippen molar-refractivity contribution in [3.63, 3.8) is 0 Å². The third-order valence-electron chi connectivity index (χ3n) is 3.03. The number of nitrogens with one attached hydrogen (secondary N) is 1. The first kappa shape index (κ1) is 13.8.